The third-order valence-electron chi connectivity index (χ3n) is 2.89. The molecule has 0 saturated carbocycles. The SMILES string of the molecule is CC(C)(C)OC(=O)c1csc2c1C=CN(C(=O)OC(C)(C)C)C2. The van der Waals surface area contributed by atoms with Crippen molar-refractivity contribution in [1.29, 1.82) is 0 Å². The average molecular weight is 337 g/mol. The molecule has 0 radical (unpaired) electrons. The third kappa shape index (κ3) is 4.58. The molecule has 0 aliphatic carbocycles. The Bertz CT molecular complexity index is 647. The summed E-state index contributed by atoms with van der Waals surface area (Å²) in [5.74, 6) is -0.342. The molecule has 2 rings (SSSR count). The largest absolute Gasteiger partial charge is 0.456 e. The Labute approximate surface area is 140 Å². The summed E-state index contributed by atoms with van der Waals surface area (Å²) in [6, 6.07) is 0. The normalized spacial score (nSPS) is 14.4. The highest BCUT2D eigenvalue weighted by Gasteiger charge is 2.28. The van der Waals surface area contributed by atoms with Gasteiger partial charge in [0, 0.05) is 22.0 Å². The second-order valence-corrected chi connectivity index (χ2v) is 8.38. The predicted octanol–water partition coefficient (Wildman–Crippen LogP) is 4.42. The highest BCUT2D eigenvalue weighted by Crippen LogP contribution is 2.31. The number of ether oxygens (including phenoxy) is 2. The Kier molecular flexibility index (Phi) is 4.57. The van der Waals surface area contributed by atoms with E-state index in [1.165, 1.54) is 16.2 Å². The van der Waals surface area contributed by atoms with Gasteiger partial charge in [-0.05, 0) is 47.6 Å². The van der Waals surface area contributed by atoms with E-state index < -0.39 is 17.3 Å². The van der Waals surface area contributed by atoms with Crippen molar-refractivity contribution < 1.29 is 19.1 Å². The van der Waals surface area contributed by atoms with Crippen molar-refractivity contribution in [3.8, 4) is 0 Å². The van der Waals surface area contributed by atoms with Crippen LogP contribution in [0.25, 0.3) is 6.08 Å². The molecule has 0 saturated heterocycles. The molecular formula is C17H23NO4S. The van der Waals surface area contributed by atoms with Crippen LogP contribution in [0.15, 0.2) is 11.6 Å². The smallest absolute Gasteiger partial charge is 0.414 e. The molecular weight excluding hydrogens is 314 g/mol. The molecule has 0 N–H and O–H groups in total. The number of nitrogens with zero attached hydrogens (tertiary/aromatic N) is 1. The van der Waals surface area contributed by atoms with Crippen LogP contribution >= 0.6 is 11.3 Å². The lowest BCUT2D eigenvalue weighted by molar-refractivity contribution is 0.00697. The third-order valence-corrected chi connectivity index (χ3v) is 3.88. The summed E-state index contributed by atoms with van der Waals surface area (Å²) < 4.78 is 10.8. The summed E-state index contributed by atoms with van der Waals surface area (Å²) in [7, 11) is 0. The van der Waals surface area contributed by atoms with Crippen LogP contribution in [0.4, 0.5) is 4.79 Å². The van der Waals surface area contributed by atoms with Crippen molar-refractivity contribution >= 4 is 29.5 Å². The van der Waals surface area contributed by atoms with Gasteiger partial charge in [-0.2, -0.15) is 0 Å². The molecule has 1 amide bonds. The maximum atomic E-state index is 12.2. The lowest BCUT2D eigenvalue weighted by Crippen LogP contribution is -2.34. The minimum Gasteiger partial charge on any atom is -0.456 e. The quantitative estimate of drug-likeness (QED) is 0.712. The monoisotopic (exact) mass is 337 g/mol. The minimum absolute atomic E-state index is 0.342. The van der Waals surface area contributed by atoms with E-state index in [0.29, 0.717) is 12.1 Å². The summed E-state index contributed by atoms with van der Waals surface area (Å²) in [4.78, 5) is 26.8. The van der Waals surface area contributed by atoms with Gasteiger partial charge in [0.2, 0.25) is 0 Å². The van der Waals surface area contributed by atoms with Crippen molar-refractivity contribution in [3.05, 3.63) is 27.6 Å². The van der Waals surface area contributed by atoms with Gasteiger partial charge in [0.05, 0.1) is 12.1 Å². The van der Waals surface area contributed by atoms with E-state index in [0.717, 1.165) is 10.4 Å². The van der Waals surface area contributed by atoms with E-state index in [4.69, 9.17) is 9.47 Å². The van der Waals surface area contributed by atoms with E-state index in [-0.39, 0.29) is 5.97 Å². The molecule has 0 unspecified atom stereocenters. The topological polar surface area (TPSA) is 55.8 Å². The average Bonchev–Trinajstić information content (AvgIpc) is 2.77. The van der Waals surface area contributed by atoms with Gasteiger partial charge in [-0.1, -0.05) is 0 Å². The Morgan fingerprint density at radius 3 is 2.26 bits per heavy atom. The van der Waals surface area contributed by atoms with Gasteiger partial charge in [-0.15, -0.1) is 11.3 Å². The lowest BCUT2D eigenvalue weighted by atomic mass is 10.1. The fourth-order valence-corrected chi connectivity index (χ4v) is 3.02. The molecule has 0 bridgehead atoms. The first-order chi connectivity index (χ1) is 10.5. The minimum atomic E-state index is -0.539. The van der Waals surface area contributed by atoms with E-state index in [9.17, 15) is 9.59 Å². The van der Waals surface area contributed by atoms with Crippen LogP contribution in [0.3, 0.4) is 0 Å². The Balaban J connectivity index is 2.14. The number of amides is 1. The van der Waals surface area contributed by atoms with Crippen molar-refractivity contribution in [2.24, 2.45) is 0 Å². The number of fused-ring (bicyclic) bond motifs is 1. The number of thiophene rings is 1. The molecule has 0 aromatic carbocycles. The molecule has 6 heteroatoms. The molecule has 1 aromatic heterocycles. The van der Waals surface area contributed by atoms with Gasteiger partial charge in [-0.25, -0.2) is 9.59 Å². The standard InChI is InChI=1S/C17H23NO4S/c1-16(2,3)21-14(19)12-10-23-13-9-18(8-7-11(12)13)15(20)22-17(4,5)6/h7-8,10H,9H2,1-6H3. The van der Waals surface area contributed by atoms with E-state index >= 15 is 0 Å². The van der Waals surface area contributed by atoms with E-state index in [1.54, 1.807) is 17.7 Å². The number of hydrogen-bond acceptors (Lipinski definition) is 5. The van der Waals surface area contributed by atoms with Gasteiger partial charge < -0.3 is 9.47 Å². The zero-order chi connectivity index (χ0) is 17.4. The lowest BCUT2D eigenvalue weighted by Gasteiger charge is -2.26. The summed E-state index contributed by atoms with van der Waals surface area (Å²) in [5.41, 5.74) is 0.291. The van der Waals surface area contributed by atoms with Crippen LogP contribution in [0, 0.1) is 0 Å². The van der Waals surface area contributed by atoms with E-state index in [2.05, 4.69) is 0 Å². The van der Waals surface area contributed by atoms with Gasteiger partial charge in [0.15, 0.2) is 0 Å². The van der Waals surface area contributed by atoms with Crippen LogP contribution in [-0.2, 0) is 16.0 Å². The number of esters is 1. The van der Waals surface area contributed by atoms with Crippen LogP contribution < -0.4 is 0 Å². The molecule has 1 aromatic rings. The van der Waals surface area contributed by atoms with Crippen molar-refractivity contribution in [3.63, 3.8) is 0 Å². The van der Waals surface area contributed by atoms with Crippen LogP contribution in [0.2, 0.25) is 0 Å². The second kappa shape index (κ2) is 6.00. The first-order valence-electron chi connectivity index (χ1n) is 7.48. The summed E-state index contributed by atoms with van der Waals surface area (Å²) in [5, 5.41) is 1.78. The molecule has 0 spiro atoms. The Morgan fingerprint density at radius 2 is 1.70 bits per heavy atom. The fraction of sp³-hybridized carbons (Fsp3) is 0.529. The molecule has 1 aliphatic heterocycles. The summed E-state index contributed by atoms with van der Waals surface area (Å²) in [6.07, 6.45) is 3.02. The fourth-order valence-electron chi connectivity index (χ4n) is 2.02. The number of carbonyl (C=O) groups excluding carboxylic acids is 2. The molecule has 0 atom stereocenters. The van der Waals surface area contributed by atoms with E-state index in [1.807, 2.05) is 41.5 Å². The first-order valence-corrected chi connectivity index (χ1v) is 8.36. The zero-order valence-corrected chi connectivity index (χ0v) is 15.2. The number of carbonyl (C=O) groups is 2. The summed E-state index contributed by atoms with van der Waals surface area (Å²) >= 11 is 1.44. The van der Waals surface area contributed by atoms with Gasteiger partial charge in [0.1, 0.15) is 11.2 Å². The Hall–Kier alpha value is -1.82. The van der Waals surface area contributed by atoms with Crippen LogP contribution in [0.1, 0.15) is 62.3 Å². The van der Waals surface area contributed by atoms with Crippen molar-refractivity contribution in [1.82, 2.24) is 4.90 Å². The highest BCUT2D eigenvalue weighted by molar-refractivity contribution is 7.10. The van der Waals surface area contributed by atoms with Gasteiger partial charge in [-0.3, -0.25) is 4.90 Å². The molecule has 5 nitrogen and oxygen atoms in total. The summed E-state index contributed by atoms with van der Waals surface area (Å²) in [6.45, 7) is 11.4. The number of rotatable bonds is 1. The second-order valence-electron chi connectivity index (χ2n) is 7.41. The molecule has 126 valence electrons. The Morgan fingerprint density at radius 1 is 1.09 bits per heavy atom. The van der Waals surface area contributed by atoms with Gasteiger partial charge >= 0.3 is 12.1 Å². The molecule has 1 aliphatic rings. The van der Waals surface area contributed by atoms with Crippen LogP contribution in [-0.4, -0.2) is 28.2 Å². The molecule has 23 heavy (non-hydrogen) atoms. The maximum Gasteiger partial charge on any atom is 0.414 e. The first kappa shape index (κ1) is 17.5. The van der Waals surface area contributed by atoms with Crippen molar-refractivity contribution in [2.45, 2.75) is 59.3 Å². The highest BCUT2D eigenvalue weighted by atomic mass is 32.1. The predicted molar refractivity (Wildman–Crippen MR) is 90.3 cm³/mol. The van der Waals surface area contributed by atoms with Crippen molar-refractivity contribution in [2.75, 3.05) is 0 Å². The number of hydrogen-bond donors (Lipinski definition) is 0. The molecule has 0 fully saturated rings. The zero-order valence-electron chi connectivity index (χ0n) is 14.4. The van der Waals surface area contributed by atoms with Crippen LogP contribution in [0.5, 0.6) is 0 Å². The van der Waals surface area contributed by atoms with Gasteiger partial charge in [0.25, 0.3) is 0 Å². The maximum absolute atomic E-state index is 12.2. The molecule has 2 heterocycles.